The van der Waals surface area contributed by atoms with E-state index >= 15 is 0 Å². The van der Waals surface area contributed by atoms with Crippen LogP contribution in [-0.2, 0) is 6.54 Å². The first-order valence-electron chi connectivity index (χ1n) is 10.9. The summed E-state index contributed by atoms with van der Waals surface area (Å²) < 4.78 is 5.87. The number of ether oxygens (including phenoxy) is 1. The van der Waals surface area contributed by atoms with Crippen LogP contribution in [0.5, 0.6) is 5.75 Å². The van der Waals surface area contributed by atoms with E-state index in [2.05, 4.69) is 112 Å². The quantitative estimate of drug-likeness (QED) is 0.331. The molecule has 0 unspecified atom stereocenters. The molecule has 1 atom stereocenters. The summed E-state index contributed by atoms with van der Waals surface area (Å²) >= 11 is 0. The van der Waals surface area contributed by atoms with Crippen LogP contribution in [0.1, 0.15) is 35.2 Å². The molecule has 0 saturated heterocycles. The maximum atomic E-state index is 5.87. The molecule has 4 rings (SSSR count). The zero-order valence-electron chi connectivity index (χ0n) is 19.1. The van der Waals surface area contributed by atoms with Crippen LogP contribution in [0, 0.1) is 13.8 Å². The molecule has 0 radical (unpaired) electrons. The van der Waals surface area contributed by atoms with Gasteiger partial charge >= 0.3 is 0 Å². The lowest BCUT2D eigenvalue weighted by molar-refractivity contribution is 0.253. The van der Waals surface area contributed by atoms with E-state index in [1.54, 1.807) is 7.11 Å². The Morgan fingerprint density at radius 3 is 2.29 bits per heavy atom. The molecule has 158 valence electrons. The van der Waals surface area contributed by atoms with Crippen molar-refractivity contribution >= 4 is 10.8 Å². The summed E-state index contributed by atoms with van der Waals surface area (Å²) in [5.74, 6) is 0.939. The predicted molar refractivity (Wildman–Crippen MR) is 132 cm³/mol. The lowest BCUT2D eigenvalue weighted by atomic mass is 9.89. The number of rotatable bonds is 6. The average molecular weight is 410 g/mol. The minimum absolute atomic E-state index is 0.321. The third kappa shape index (κ3) is 4.22. The lowest BCUT2D eigenvalue weighted by Gasteiger charge is -2.27. The zero-order valence-corrected chi connectivity index (χ0v) is 19.1. The molecule has 0 N–H and O–H groups in total. The number of fused-ring (bicyclic) bond motifs is 1. The lowest BCUT2D eigenvalue weighted by Crippen LogP contribution is -2.22. The van der Waals surface area contributed by atoms with Crippen molar-refractivity contribution in [1.82, 2.24) is 4.90 Å². The van der Waals surface area contributed by atoms with Gasteiger partial charge in [0.05, 0.1) is 7.11 Å². The molecule has 0 spiro atoms. The Kier molecular flexibility index (Phi) is 6.11. The molecule has 4 aromatic carbocycles. The normalized spacial score (nSPS) is 12.3. The maximum Gasteiger partial charge on any atom is 0.127 e. The van der Waals surface area contributed by atoms with Crippen molar-refractivity contribution in [1.29, 1.82) is 0 Å². The van der Waals surface area contributed by atoms with Gasteiger partial charge in [0.25, 0.3) is 0 Å². The van der Waals surface area contributed by atoms with Crippen LogP contribution in [0.3, 0.4) is 0 Å². The molecular formula is C29H31NO. The SMILES string of the molecule is COc1cc(C)cc(C)c1-c1c(CN(C)[C@H](C)c2ccccc2)ccc2ccccc12. The fraction of sp³-hybridized carbons (Fsp3) is 0.241. The van der Waals surface area contributed by atoms with Gasteiger partial charge in [0, 0.05) is 18.2 Å². The Morgan fingerprint density at radius 1 is 0.839 bits per heavy atom. The van der Waals surface area contributed by atoms with Crippen LogP contribution in [0.15, 0.2) is 78.9 Å². The van der Waals surface area contributed by atoms with Crippen molar-refractivity contribution in [2.24, 2.45) is 0 Å². The highest BCUT2D eigenvalue weighted by Gasteiger charge is 2.20. The topological polar surface area (TPSA) is 12.5 Å². The Labute approximate surface area is 186 Å². The Bertz CT molecular complexity index is 1200. The van der Waals surface area contributed by atoms with E-state index in [1.807, 2.05) is 0 Å². The van der Waals surface area contributed by atoms with Crippen LogP contribution in [-0.4, -0.2) is 19.1 Å². The summed E-state index contributed by atoms with van der Waals surface area (Å²) in [7, 11) is 3.97. The van der Waals surface area contributed by atoms with Gasteiger partial charge in [-0.2, -0.15) is 0 Å². The van der Waals surface area contributed by atoms with Crippen LogP contribution in [0.2, 0.25) is 0 Å². The fourth-order valence-electron chi connectivity index (χ4n) is 4.55. The molecule has 31 heavy (non-hydrogen) atoms. The summed E-state index contributed by atoms with van der Waals surface area (Å²) in [5, 5.41) is 2.52. The maximum absolute atomic E-state index is 5.87. The second kappa shape index (κ2) is 8.95. The minimum atomic E-state index is 0.321. The van der Waals surface area contributed by atoms with Gasteiger partial charge in [-0.15, -0.1) is 0 Å². The number of nitrogens with zero attached hydrogens (tertiary/aromatic N) is 1. The number of aryl methyl sites for hydroxylation is 2. The van der Waals surface area contributed by atoms with Gasteiger partial charge in [-0.3, -0.25) is 4.90 Å². The average Bonchev–Trinajstić information content (AvgIpc) is 2.79. The Hall–Kier alpha value is -3.10. The zero-order chi connectivity index (χ0) is 22.0. The first kappa shape index (κ1) is 21.1. The summed E-state index contributed by atoms with van der Waals surface area (Å²) in [6, 6.07) is 28.6. The van der Waals surface area contributed by atoms with E-state index in [4.69, 9.17) is 4.74 Å². The van der Waals surface area contributed by atoms with E-state index in [0.29, 0.717) is 6.04 Å². The largest absolute Gasteiger partial charge is 0.496 e. The van der Waals surface area contributed by atoms with E-state index in [-0.39, 0.29) is 0 Å². The van der Waals surface area contributed by atoms with Gasteiger partial charge in [-0.25, -0.2) is 0 Å². The van der Waals surface area contributed by atoms with Crippen molar-refractivity contribution in [2.45, 2.75) is 33.4 Å². The smallest absolute Gasteiger partial charge is 0.127 e. The standard InChI is InChI=1S/C29H31NO/c1-20-17-21(2)28(27(18-20)31-5)29-25(16-15-24-13-9-10-14-26(24)29)19-30(4)22(3)23-11-7-6-8-12-23/h6-18,22H,19H2,1-5H3/t22-/m1/s1. The third-order valence-electron chi connectivity index (χ3n) is 6.29. The van der Waals surface area contributed by atoms with Crippen LogP contribution < -0.4 is 4.74 Å². The number of methoxy groups -OCH3 is 1. The van der Waals surface area contributed by atoms with Crippen molar-refractivity contribution in [2.75, 3.05) is 14.2 Å². The van der Waals surface area contributed by atoms with E-state index in [0.717, 1.165) is 12.3 Å². The Balaban J connectivity index is 1.86. The molecular weight excluding hydrogens is 378 g/mol. The molecule has 2 heteroatoms. The van der Waals surface area contributed by atoms with Crippen molar-refractivity contribution < 1.29 is 4.74 Å². The first-order chi connectivity index (χ1) is 15.0. The fourth-order valence-corrected chi connectivity index (χ4v) is 4.55. The van der Waals surface area contributed by atoms with Crippen LogP contribution in [0.25, 0.3) is 21.9 Å². The predicted octanol–water partition coefficient (Wildman–Crippen LogP) is 7.33. The van der Waals surface area contributed by atoms with E-state index in [1.165, 1.54) is 44.2 Å². The first-order valence-corrected chi connectivity index (χ1v) is 10.9. The van der Waals surface area contributed by atoms with Gasteiger partial charge < -0.3 is 4.74 Å². The highest BCUT2D eigenvalue weighted by atomic mass is 16.5. The molecule has 0 bridgehead atoms. The molecule has 0 aliphatic heterocycles. The molecule has 0 aliphatic rings. The summed E-state index contributed by atoms with van der Waals surface area (Å²) in [5.41, 5.74) is 7.58. The minimum Gasteiger partial charge on any atom is -0.496 e. The summed E-state index contributed by atoms with van der Waals surface area (Å²) in [6.07, 6.45) is 0. The molecule has 0 amide bonds. The molecule has 0 aliphatic carbocycles. The monoisotopic (exact) mass is 409 g/mol. The van der Waals surface area contributed by atoms with Gasteiger partial charge in [0.1, 0.15) is 5.75 Å². The number of hydrogen-bond acceptors (Lipinski definition) is 2. The van der Waals surface area contributed by atoms with Crippen LogP contribution in [0.4, 0.5) is 0 Å². The molecule has 4 aromatic rings. The molecule has 0 fully saturated rings. The second-order valence-electron chi connectivity index (χ2n) is 8.48. The van der Waals surface area contributed by atoms with Crippen LogP contribution >= 0.6 is 0 Å². The highest BCUT2D eigenvalue weighted by Crippen LogP contribution is 2.41. The number of benzene rings is 4. The van der Waals surface area contributed by atoms with E-state index in [9.17, 15) is 0 Å². The third-order valence-corrected chi connectivity index (χ3v) is 6.29. The molecule has 0 aromatic heterocycles. The van der Waals surface area contributed by atoms with Gasteiger partial charge in [0.2, 0.25) is 0 Å². The molecule has 0 heterocycles. The van der Waals surface area contributed by atoms with E-state index < -0.39 is 0 Å². The summed E-state index contributed by atoms with van der Waals surface area (Å²) in [6.45, 7) is 7.44. The Morgan fingerprint density at radius 2 is 1.55 bits per heavy atom. The second-order valence-corrected chi connectivity index (χ2v) is 8.48. The molecule has 0 saturated carbocycles. The van der Waals surface area contributed by atoms with Gasteiger partial charge in [0.15, 0.2) is 0 Å². The van der Waals surface area contributed by atoms with Gasteiger partial charge in [-0.05, 0) is 72.5 Å². The number of hydrogen-bond donors (Lipinski definition) is 0. The van der Waals surface area contributed by atoms with Crippen molar-refractivity contribution in [3.05, 3.63) is 101 Å². The summed E-state index contributed by atoms with van der Waals surface area (Å²) in [4.78, 5) is 2.42. The van der Waals surface area contributed by atoms with Crippen molar-refractivity contribution in [3.63, 3.8) is 0 Å². The van der Waals surface area contributed by atoms with Crippen molar-refractivity contribution in [3.8, 4) is 16.9 Å². The highest BCUT2D eigenvalue weighted by molar-refractivity contribution is 6.00. The molecule has 2 nitrogen and oxygen atoms in total. The van der Waals surface area contributed by atoms with Gasteiger partial charge in [-0.1, -0.05) is 72.8 Å².